The van der Waals surface area contributed by atoms with Crippen LogP contribution in [0.2, 0.25) is 0 Å². The highest BCUT2D eigenvalue weighted by Crippen LogP contribution is 2.48. The van der Waals surface area contributed by atoms with Crippen molar-refractivity contribution >= 4 is 24.1 Å². The Morgan fingerprint density at radius 1 is 0.789 bits per heavy atom. The molecule has 0 unspecified atom stereocenters. The minimum atomic E-state index is 0.910. The summed E-state index contributed by atoms with van der Waals surface area (Å²) in [6, 6.07) is 15.2. The standard InChI is InChI=1S/C18H13B/c1-10-7-8-14-17-15(9-11(2)18(14)19)12-5-3-4-6-13(12)16(10)17/h3-9H,1-2H3. The van der Waals surface area contributed by atoms with Gasteiger partial charge in [0.2, 0.25) is 0 Å². The second kappa shape index (κ2) is 3.51. The number of benzene rings is 3. The molecule has 0 N–H and O–H groups in total. The average molecular weight is 240 g/mol. The number of aryl methyl sites for hydroxylation is 2. The Labute approximate surface area is 114 Å². The van der Waals surface area contributed by atoms with Gasteiger partial charge in [-0.3, -0.25) is 0 Å². The molecule has 4 rings (SSSR count). The molecular formula is C18H13B. The van der Waals surface area contributed by atoms with Gasteiger partial charge in [0.15, 0.2) is 0 Å². The van der Waals surface area contributed by atoms with E-state index in [0.717, 1.165) is 11.0 Å². The van der Waals surface area contributed by atoms with Crippen molar-refractivity contribution in [2.45, 2.75) is 13.8 Å². The average Bonchev–Trinajstić information content (AvgIpc) is 2.74. The molecule has 0 bridgehead atoms. The van der Waals surface area contributed by atoms with Crippen LogP contribution >= 0.6 is 0 Å². The molecule has 1 heteroatoms. The maximum Gasteiger partial charge on any atom is 0.115 e. The van der Waals surface area contributed by atoms with Crippen LogP contribution in [0, 0.1) is 13.8 Å². The molecule has 88 valence electrons. The molecule has 19 heavy (non-hydrogen) atoms. The lowest BCUT2D eigenvalue weighted by molar-refractivity contribution is 1.50. The third-order valence-corrected chi connectivity index (χ3v) is 4.25. The molecule has 3 aromatic carbocycles. The van der Waals surface area contributed by atoms with Crippen molar-refractivity contribution in [3.05, 3.63) is 53.6 Å². The Morgan fingerprint density at radius 2 is 1.53 bits per heavy atom. The lowest BCUT2D eigenvalue weighted by Crippen LogP contribution is -2.09. The molecule has 0 heterocycles. The van der Waals surface area contributed by atoms with Crippen LogP contribution in [0.4, 0.5) is 0 Å². The van der Waals surface area contributed by atoms with E-state index in [0.29, 0.717) is 0 Å². The van der Waals surface area contributed by atoms with Crippen molar-refractivity contribution in [2.24, 2.45) is 0 Å². The molecular weight excluding hydrogens is 227 g/mol. The van der Waals surface area contributed by atoms with Crippen molar-refractivity contribution in [3.63, 3.8) is 0 Å². The predicted molar refractivity (Wildman–Crippen MR) is 83.2 cm³/mol. The van der Waals surface area contributed by atoms with Gasteiger partial charge in [-0.05, 0) is 52.4 Å². The monoisotopic (exact) mass is 240 g/mol. The zero-order valence-corrected chi connectivity index (χ0v) is 11.1. The Balaban J connectivity index is 2.33. The Bertz CT molecular complexity index is 844. The molecule has 0 amide bonds. The van der Waals surface area contributed by atoms with E-state index in [2.05, 4.69) is 56.3 Å². The summed E-state index contributed by atoms with van der Waals surface area (Å²) >= 11 is 0. The van der Waals surface area contributed by atoms with Gasteiger partial charge in [-0.1, -0.05) is 53.5 Å². The maximum atomic E-state index is 6.27. The summed E-state index contributed by atoms with van der Waals surface area (Å²) in [5.41, 5.74) is 8.75. The normalized spacial score (nSPS) is 11.9. The van der Waals surface area contributed by atoms with Gasteiger partial charge in [-0.15, -0.1) is 0 Å². The van der Waals surface area contributed by atoms with Crippen LogP contribution < -0.4 is 5.46 Å². The highest BCUT2D eigenvalue weighted by molar-refractivity contribution is 6.41. The largest absolute Gasteiger partial charge is 0.115 e. The summed E-state index contributed by atoms with van der Waals surface area (Å²) < 4.78 is 0. The maximum absolute atomic E-state index is 6.27. The molecule has 0 aliphatic heterocycles. The Hall–Kier alpha value is -2.02. The fourth-order valence-electron chi connectivity index (χ4n) is 3.29. The van der Waals surface area contributed by atoms with Gasteiger partial charge in [0, 0.05) is 0 Å². The molecule has 1 aliphatic carbocycles. The predicted octanol–water partition coefficient (Wildman–Crippen LogP) is 3.90. The molecule has 0 saturated carbocycles. The third kappa shape index (κ3) is 1.25. The van der Waals surface area contributed by atoms with Crippen LogP contribution in [0.1, 0.15) is 11.1 Å². The van der Waals surface area contributed by atoms with Gasteiger partial charge in [-0.2, -0.15) is 0 Å². The van der Waals surface area contributed by atoms with E-state index in [-0.39, 0.29) is 0 Å². The molecule has 0 nitrogen and oxygen atoms in total. The molecule has 0 atom stereocenters. The first-order chi connectivity index (χ1) is 9.18. The molecule has 0 fully saturated rings. The van der Waals surface area contributed by atoms with E-state index in [1.807, 2.05) is 0 Å². The third-order valence-electron chi connectivity index (χ3n) is 4.25. The van der Waals surface area contributed by atoms with Crippen LogP contribution in [0.3, 0.4) is 0 Å². The van der Waals surface area contributed by atoms with E-state index in [1.54, 1.807) is 0 Å². The van der Waals surface area contributed by atoms with E-state index >= 15 is 0 Å². The number of rotatable bonds is 0. The lowest BCUT2D eigenvalue weighted by atomic mass is 9.83. The van der Waals surface area contributed by atoms with Gasteiger partial charge < -0.3 is 0 Å². The summed E-state index contributed by atoms with van der Waals surface area (Å²) in [5, 5.41) is 2.51. The van der Waals surface area contributed by atoms with Crippen molar-refractivity contribution in [3.8, 4) is 22.3 Å². The summed E-state index contributed by atoms with van der Waals surface area (Å²) in [4.78, 5) is 0. The Kier molecular flexibility index (Phi) is 2.01. The number of hydrogen-bond acceptors (Lipinski definition) is 0. The zero-order valence-electron chi connectivity index (χ0n) is 11.1. The number of fused-ring (bicyclic) bond motifs is 3. The van der Waals surface area contributed by atoms with Crippen molar-refractivity contribution in [1.82, 2.24) is 0 Å². The smallest absolute Gasteiger partial charge is 0.0861 e. The molecule has 0 aromatic heterocycles. The Morgan fingerprint density at radius 3 is 2.32 bits per heavy atom. The van der Waals surface area contributed by atoms with E-state index < -0.39 is 0 Å². The summed E-state index contributed by atoms with van der Waals surface area (Å²) in [6.45, 7) is 4.27. The number of hydrogen-bond donors (Lipinski definition) is 0. The van der Waals surface area contributed by atoms with Gasteiger partial charge in [-0.25, -0.2) is 0 Å². The first-order valence-corrected chi connectivity index (χ1v) is 6.60. The summed E-state index contributed by atoms with van der Waals surface area (Å²) in [7, 11) is 6.27. The fourth-order valence-corrected chi connectivity index (χ4v) is 3.29. The minimum absolute atomic E-state index is 0.910. The molecule has 0 saturated heterocycles. The van der Waals surface area contributed by atoms with Gasteiger partial charge in [0.25, 0.3) is 0 Å². The summed E-state index contributed by atoms with van der Waals surface area (Å²) in [5.74, 6) is 0. The molecule has 1 aliphatic rings. The van der Waals surface area contributed by atoms with E-state index in [9.17, 15) is 0 Å². The molecule has 2 radical (unpaired) electrons. The second-order valence-electron chi connectivity index (χ2n) is 5.38. The zero-order chi connectivity index (χ0) is 13.1. The van der Waals surface area contributed by atoms with Crippen molar-refractivity contribution in [2.75, 3.05) is 0 Å². The second-order valence-corrected chi connectivity index (χ2v) is 5.38. The first-order valence-electron chi connectivity index (χ1n) is 6.60. The highest BCUT2D eigenvalue weighted by atomic mass is 14.3. The van der Waals surface area contributed by atoms with Gasteiger partial charge >= 0.3 is 0 Å². The lowest BCUT2D eigenvalue weighted by Gasteiger charge is -2.11. The highest BCUT2D eigenvalue weighted by Gasteiger charge is 2.23. The van der Waals surface area contributed by atoms with Crippen LogP contribution in [0.25, 0.3) is 33.0 Å². The van der Waals surface area contributed by atoms with Crippen LogP contribution in [0.5, 0.6) is 0 Å². The molecule has 0 spiro atoms. The van der Waals surface area contributed by atoms with E-state index in [4.69, 9.17) is 7.85 Å². The first kappa shape index (κ1) is 10.9. The molecule has 3 aromatic rings. The van der Waals surface area contributed by atoms with Crippen LogP contribution in [-0.4, -0.2) is 7.85 Å². The fraction of sp³-hybridized carbons (Fsp3) is 0.111. The summed E-state index contributed by atoms with van der Waals surface area (Å²) in [6.07, 6.45) is 0. The quantitative estimate of drug-likeness (QED) is 0.409. The van der Waals surface area contributed by atoms with E-state index in [1.165, 1.54) is 38.6 Å². The minimum Gasteiger partial charge on any atom is -0.0861 e. The van der Waals surface area contributed by atoms with Gasteiger partial charge in [0.1, 0.15) is 7.85 Å². The van der Waals surface area contributed by atoms with Crippen molar-refractivity contribution < 1.29 is 0 Å². The van der Waals surface area contributed by atoms with Crippen LogP contribution in [0.15, 0.2) is 42.5 Å². The van der Waals surface area contributed by atoms with Crippen molar-refractivity contribution in [1.29, 1.82) is 0 Å². The topological polar surface area (TPSA) is 0 Å². The van der Waals surface area contributed by atoms with Gasteiger partial charge in [0.05, 0.1) is 0 Å². The SMILES string of the molecule is [B]c1c(C)cc2c3c(c(C)ccc13)-c1ccccc1-2. The van der Waals surface area contributed by atoms with Crippen LogP contribution in [-0.2, 0) is 0 Å².